The number of methoxy groups -OCH3 is 1. The average Bonchev–Trinajstić information content (AvgIpc) is 3.19. The largest absolute Gasteiger partial charge is 0.491 e. The zero-order chi connectivity index (χ0) is 20.0. The number of thiophene rings is 1. The summed E-state index contributed by atoms with van der Waals surface area (Å²) in [6.07, 6.45) is 1.12. The molecule has 0 atom stereocenters. The Bertz CT molecular complexity index is 679. The maximum absolute atomic E-state index is 5.69. The fraction of sp³-hybridized carbons (Fsp3) is 0.476. The Morgan fingerprint density at radius 3 is 2.55 bits per heavy atom. The Balaban J connectivity index is 0.00000420. The van der Waals surface area contributed by atoms with E-state index in [1.54, 1.807) is 18.4 Å². The maximum Gasteiger partial charge on any atom is 0.195 e. The summed E-state index contributed by atoms with van der Waals surface area (Å²) in [6.45, 7) is 7.16. The Morgan fingerprint density at radius 2 is 1.90 bits per heavy atom. The van der Waals surface area contributed by atoms with Crippen molar-refractivity contribution in [2.45, 2.75) is 26.4 Å². The first-order valence-corrected chi connectivity index (χ1v) is 10.5. The molecule has 0 unspecified atom stereocenters. The summed E-state index contributed by atoms with van der Waals surface area (Å²) in [6, 6.07) is 12.1. The maximum atomic E-state index is 5.69. The molecule has 0 aliphatic carbocycles. The first kappa shape index (κ1) is 25.7. The quantitative estimate of drug-likeness (QED) is 0.183. The SMILES string of the molecule is COCCOCCN=C(NCCc1cccs1)Nc1ccc(OC(C)C)cc1.I. The number of aliphatic imine (C=N–C) groups is 1. The lowest BCUT2D eigenvalue weighted by atomic mass is 10.3. The van der Waals surface area contributed by atoms with Crippen molar-refractivity contribution in [3.63, 3.8) is 0 Å². The molecule has 8 heteroatoms. The third kappa shape index (κ3) is 11.4. The van der Waals surface area contributed by atoms with Crippen LogP contribution in [0.2, 0.25) is 0 Å². The molecule has 0 saturated heterocycles. The molecule has 162 valence electrons. The average molecular weight is 533 g/mol. The lowest BCUT2D eigenvalue weighted by Gasteiger charge is -2.14. The molecule has 2 N–H and O–H groups in total. The molecule has 2 aromatic rings. The minimum atomic E-state index is 0. The second-order valence-corrected chi connectivity index (χ2v) is 7.44. The number of hydrogen-bond donors (Lipinski definition) is 2. The van der Waals surface area contributed by atoms with Crippen LogP contribution in [0.5, 0.6) is 5.75 Å². The molecule has 0 amide bonds. The van der Waals surface area contributed by atoms with Gasteiger partial charge in [0.05, 0.1) is 32.5 Å². The Hall–Kier alpha value is -1.36. The predicted octanol–water partition coefficient (Wildman–Crippen LogP) is 4.42. The lowest BCUT2D eigenvalue weighted by Crippen LogP contribution is -2.32. The molecule has 1 heterocycles. The van der Waals surface area contributed by atoms with Crippen molar-refractivity contribution in [3.8, 4) is 5.75 Å². The molecule has 0 spiro atoms. The third-order valence-electron chi connectivity index (χ3n) is 3.67. The van der Waals surface area contributed by atoms with Gasteiger partial charge >= 0.3 is 0 Å². The summed E-state index contributed by atoms with van der Waals surface area (Å²) >= 11 is 1.77. The van der Waals surface area contributed by atoms with Crippen molar-refractivity contribution in [3.05, 3.63) is 46.7 Å². The van der Waals surface area contributed by atoms with Gasteiger partial charge in [0.15, 0.2) is 5.96 Å². The van der Waals surface area contributed by atoms with Gasteiger partial charge in [-0.1, -0.05) is 6.07 Å². The van der Waals surface area contributed by atoms with Crippen LogP contribution in [0.4, 0.5) is 5.69 Å². The molecule has 0 saturated carbocycles. The summed E-state index contributed by atoms with van der Waals surface area (Å²) in [5.41, 5.74) is 0.957. The zero-order valence-corrected chi connectivity index (χ0v) is 20.5. The topological polar surface area (TPSA) is 64.1 Å². The molecule has 0 radical (unpaired) electrons. The molecule has 2 rings (SSSR count). The van der Waals surface area contributed by atoms with Crippen LogP contribution in [0, 0.1) is 0 Å². The highest BCUT2D eigenvalue weighted by Gasteiger charge is 2.03. The van der Waals surface area contributed by atoms with Crippen molar-refractivity contribution in [1.82, 2.24) is 5.32 Å². The van der Waals surface area contributed by atoms with Crippen molar-refractivity contribution in [1.29, 1.82) is 0 Å². The minimum absolute atomic E-state index is 0. The molecule has 0 aliphatic rings. The zero-order valence-electron chi connectivity index (χ0n) is 17.3. The number of ether oxygens (including phenoxy) is 3. The number of benzene rings is 1. The van der Waals surface area contributed by atoms with Crippen molar-refractivity contribution >= 4 is 47.0 Å². The van der Waals surface area contributed by atoms with Gasteiger partial charge in [-0.25, -0.2) is 0 Å². The number of guanidine groups is 1. The molecule has 29 heavy (non-hydrogen) atoms. The van der Waals surface area contributed by atoms with E-state index in [-0.39, 0.29) is 30.1 Å². The number of halogens is 1. The van der Waals surface area contributed by atoms with Crippen LogP contribution in [-0.2, 0) is 15.9 Å². The second kappa shape index (κ2) is 15.5. The van der Waals surface area contributed by atoms with E-state index in [1.165, 1.54) is 4.88 Å². The first-order chi connectivity index (χ1) is 13.7. The number of nitrogens with one attached hydrogen (secondary N) is 2. The number of nitrogens with zero attached hydrogens (tertiary/aromatic N) is 1. The lowest BCUT2D eigenvalue weighted by molar-refractivity contribution is 0.0748. The van der Waals surface area contributed by atoms with Gasteiger partial charge in [-0.2, -0.15) is 0 Å². The van der Waals surface area contributed by atoms with Crippen molar-refractivity contribution < 1.29 is 14.2 Å². The standard InChI is InChI=1S/C21H31N3O3S.HI/c1-17(2)27-19-8-6-18(7-9-19)24-21(23-12-13-26-15-14-25-3)22-11-10-20-5-4-16-28-20;/h4-9,16-17H,10-15H2,1-3H3,(H2,22,23,24);1H. The highest BCUT2D eigenvalue weighted by molar-refractivity contribution is 14.0. The van der Waals surface area contributed by atoms with Crippen LogP contribution in [0.3, 0.4) is 0 Å². The van der Waals surface area contributed by atoms with Crippen LogP contribution in [0.1, 0.15) is 18.7 Å². The smallest absolute Gasteiger partial charge is 0.195 e. The van der Waals surface area contributed by atoms with Crippen LogP contribution in [0.15, 0.2) is 46.8 Å². The molecule has 1 aromatic heterocycles. The molecule has 1 aromatic carbocycles. The molecule has 0 bridgehead atoms. The summed E-state index contributed by atoms with van der Waals surface area (Å²) in [7, 11) is 1.67. The Morgan fingerprint density at radius 1 is 1.10 bits per heavy atom. The molecule has 0 fully saturated rings. The van der Waals surface area contributed by atoms with Crippen LogP contribution in [0.25, 0.3) is 0 Å². The number of rotatable bonds is 12. The highest BCUT2D eigenvalue weighted by atomic mass is 127. The van der Waals surface area contributed by atoms with Crippen molar-refractivity contribution in [2.75, 3.05) is 45.3 Å². The summed E-state index contributed by atoms with van der Waals surface area (Å²) in [5, 5.41) is 8.84. The Kier molecular flexibility index (Phi) is 13.7. The fourth-order valence-electron chi connectivity index (χ4n) is 2.39. The van der Waals surface area contributed by atoms with E-state index in [9.17, 15) is 0 Å². The first-order valence-electron chi connectivity index (χ1n) is 9.58. The second-order valence-electron chi connectivity index (χ2n) is 6.41. The fourth-order valence-corrected chi connectivity index (χ4v) is 3.10. The molecular weight excluding hydrogens is 501 g/mol. The van der Waals surface area contributed by atoms with Gasteiger partial charge in [-0.05, 0) is 56.0 Å². The van der Waals surface area contributed by atoms with Gasteiger partial charge in [0.25, 0.3) is 0 Å². The summed E-state index contributed by atoms with van der Waals surface area (Å²) in [4.78, 5) is 5.96. The van der Waals surface area contributed by atoms with Gasteiger partial charge in [0.2, 0.25) is 0 Å². The van der Waals surface area contributed by atoms with Gasteiger partial charge in [-0.3, -0.25) is 4.99 Å². The van der Waals surface area contributed by atoms with Crippen LogP contribution in [-0.4, -0.2) is 52.1 Å². The van der Waals surface area contributed by atoms with Gasteiger partial charge < -0.3 is 24.8 Å². The predicted molar refractivity (Wildman–Crippen MR) is 132 cm³/mol. The van der Waals surface area contributed by atoms with E-state index in [0.717, 1.165) is 30.4 Å². The van der Waals surface area contributed by atoms with E-state index in [2.05, 4.69) is 33.1 Å². The molecular formula is C21H32IN3O3S. The molecule has 0 aliphatic heterocycles. The van der Waals surface area contributed by atoms with Gasteiger partial charge in [-0.15, -0.1) is 35.3 Å². The van der Waals surface area contributed by atoms with E-state index in [1.807, 2.05) is 38.1 Å². The minimum Gasteiger partial charge on any atom is -0.491 e. The van der Waals surface area contributed by atoms with Crippen LogP contribution < -0.4 is 15.4 Å². The monoisotopic (exact) mass is 533 g/mol. The van der Waals surface area contributed by atoms with Crippen molar-refractivity contribution in [2.24, 2.45) is 4.99 Å². The normalized spacial score (nSPS) is 11.2. The van der Waals surface area contributed by atoms with E-state index in [0.29, 0.717) is 26.4 Å². The van der Waals surface area contributed by atoms with Gasteiger partial charge in [0, 0.05) is 24.2 Å². The Labute approximate surface area is 195 Å². The summed E-state index contributed by atoms with van der Waals surface area (Å²) in [5.74, 6) is 1.60. The third-order valence-corrected chi connectivity index (χ3v) is 4.61. The number of anilines is 1. The van der Waals surface area contributed by atoms with Crippen LogP contribution >= 0.6 is 35.3 Å². The van der Waals surface area contributed by atoms with Gasteiger partial charge in [0.1, 0.15) is 5.75 Å². The highest BCUT2D eigenvalue weighted by Crippen LogP contribution is 2.17. The van der Waals surface area contributed by atoms with E-state index in [4.69, 9.17) is 14.2 Å². The van der Waals surface area contributed by atoms with E-state index >= 15 is 0 Å². The number of hydrogen-bond acceptors (Lipinski definition) is 5. The summed E-state index contributed by atoms with van der Waals surface area (Å²) < 4.78 is 16.2. The molecule has 6 nitrogen and oxygen atoms in total. The van der Waals surface area contributed by atoms with E-state index < -0.39 is 0 Å².